The van der Waals surface area contributed by atoms with Crippen LogP contribution in [0.1, 0.15) is 6.92 Å². The molecule has 1 aliphatic heterocycles. The van der Waals surface area contributed by atoms with Crippen LogP contribution in [0.4, 0.5) is 0 Å². The van der Waals surface area contributed by atoms with Crippen LogP contribution in [0.25, 0.3) is 0 Å². The summed E-state index contributed by atoms with van der Waals surface area (Å²) in [5.41, 5.74) is 0. The van der Waals surface area contributed by atoms with Gasteiger partial charge in [0.25, 0.3) is 0 Å². The highest BCUT2D eigenvalue weighted by Crippen LogP contribution is 2.22. The zero-order chi connectivity index (χ0) is 12.8. The lowest BCUT2D eigenvalue weighted by atomic mass is 10.00. The van der Waals surface area contributed by atoms with Crippen LogP contribution in [0, 0.1) is 0 Å². The van der Waals surface area contributed by atoms with Crippen molar-refractivity contribution < 1.29 is 28.5 Å². The van der Waals surface area contributed by atoms with Gasteiger partial charge in [0.05, 0.1) is 6.61 Å². The number of rotatable bonds is 5. The monoisotopic (exact) mass is 248 g/mol. The molecule has 0 aromatic carbocycles. The lowest BCUT2D eigenvalue weighted by Crippen LogP contribution is -2.56. The number of carbonyl (C=O) groups is 1. The first kappa shape index (κ1) is 14.4. The van der Waals surface area contributed by atoms with Crippen LogP contribution in [-0.2, 0) is 28.5 Å². The fraction of sp³-hybridized carbons (Fsp3) is 0.909. The van der Waals surface area contributed by atoms with Crippen molar-refractivity contribution in [3.63, 3.8) is 0 Å². The first-order chi connectivity index (χ1) is 8.13. The Bertz CT molecular complexity index is 244. The van der Waals surface area contributed by atoms with Crippen molar-refractivity contribution in [3.05, 3.63) is 0 Å². The highest BCUT2D eigenvalue weighted by atomic mass is 16.6. The summed E-state index contributed by atoms with van der Waals surface area (Å²) in [4.78, 5) is 10.8. The molecule has 0 aliphatic carbocycles. The zero-order valence-electron chi connectivity index (χ0n) is 10.7. The number of carbonyl (C=O) groups excluding carboxylic acids is 1. The van der Waals surface area contributed by atoms with E-state index in [0.29, 0.717) is 6.61 Å². The molecule has 1 aliphatic rings. The maximum atomic E-state index is 10.8. The molecular formula is C11H20O6. The van der Waals surface area contributed by atoms with E-state index in [0.717, 1.165) is 0 Å². The lowest BCUT2D eigenvalue weighted by molar-refractivity contribution is -0.221. The summed E-state index contributed by atoms with van der Waals surface area (Å²) in [6.07, 6.45) is -1.07. The predicted molar refractivity (Wildman–Crippen MR) is 58.8 cm³/mol. The maximum absolute atomic E-state index is 10.8. The van der Waals surface area contributed by atoms with Crippen LogP contribution in [0.2, 0.25) is 0 Å². The quantitative estimate of drug-likeness (QED) is 0.638. The topological polar surface area (TPSA) is 63.2 Å². The Morgan fingerprint density at radius 3 is 2.29 bits per heavy atom. The van der Waals surface area contributed by atoms with Gasteiger partial charge >= 0.3 is 5.97 Å². The Kier molecular flexibility index (Phi) is 5.84. The van der Waals surface area contributed by atoms with Crippen molar-refractivity contribution in [3.8, 4) is 0 Å². The highest BCUT2D eigenvalue weighted by Gasteiger charge is 2.41. The van der Waals surface area contributed by atoms with Crippen LogP contribution in [0.15, 0.2) is 0 Å². The van der Waals surface area contributed by atoms with Gasteiger partial charge in [-0.05, 0) is 0 Å². The molecule has 0 N–H and O–H groups in total. The minimum atomic E-state index is -0.341. The molecule has 0 radical (unpaired) electrons. The lowest BCUT2D eigenvalue weighted by Gasteiger charge is -2.40. The van der Waals surface area contributed by atoms with Crippen LogP contribution >= 0.6 is 0 Å². The molecular weight excluding hydrogens is 228 g/mol. The van der Waals surface area contributed by atoms with Crippen LogP contribution in [0.3, 0.4) is 0 Å². The molecule has 17 heavy (non-hydrogen) atoms. The normalized spacial score (nSPS) is 33.4. The fourth-order valence-corrected chi connectivity index (χ4v) is 1.95. The molecule has 1 heterocycles. The van der Waals surface area contributed by atoms with Crippen molar-refractivity contribution >= 4 is 5.97 Å². The second kappa shape index (κ2) is 6.90. The van der Waals surface area contributed by atoms with Gasteiger partial charge in [-0.2, -0.15) is 0 Å². The Balaban J connectivity index is 2.63. The summed E-state index contributed by atoms with van der Waals surface area (Å²) >= 11 is 0. The van der Waals surface area contributed by atoms with E-state index in [1.54, 1.807) is 21.3 Å². The van der Waals surface area contributed by atoms with E-state index in [2.05, 4.69) is 0 Å². The van der Waals surface area contributed by atoms with Gasteiger partial charge in [0.15, 0.2) is 0 Å². The zero-order valence-corrected chi connectivity index (χ0v) is 10.7. The number of esters is 1. The van der Waals surface area contributed by atoms with Gasteiger partial charge in [-0.3, -0.25) is 4.79 Å². The Morgan fingerprint density at radius 2 is 1.82 bits per heavy atom. The van der Waals surface area contributed by atoms with E-state index in [1.165, 1.54) is 6.92 Å². The summed E-state index contributed by atoms with van der Waals surface area (Å²) in [5.74, 6) is -0.341. The minimum absolute atomic E-state index is 0.157. The minimum Gasteiger partial charge on any atom is -0.463 e. The standard InChI is InChI=1S/C11H20O6/c1-7(12)16-6-9-11(15-4)10(14-3)8(13-2)5-17-9/h8-11H,5-6H2,1-4H3/t8-,9+,10-,11-/m1/s1. The van der Waals surface area contributed by atoms with Gasteiger partial charge in [0, 0.05) is 28.3 Å². The maximum Gasteiger partial charge on any atom is 0.302 e. The molecule has 1 saturated heterocycles. The van der Waals surface area contributed by atoms with Gasteiger partial charge in [0.1, 0.15) is 31.0 Å². The third-order valence-electron chi connectivity index (χ3n) is 2.83. The second-order valence-corrected chi connectivity index (χ2v) is 3.85. The van der Waals surface area contributed by atoms with Crippen LogP contribution in [-0.4, -0.2) is 64.9 Å². The van der Waals surface area contributed by atoms with Gasteiger partial charge in [-0.1, -0.05) is 0 Å². The highest BCUT2D eigenvalue weighted by molar-refractivity contribution is 5.65. The SMILES string of the molecule is CO[C@H]1[C@H](OC)[C@H](OC)CO[C@H]1COC(C)=O. The van der Waals surface area contributed by atoms with E-state index < -0.39 is 0 Å². The molecule has 4 atom stereocenters. The number of hydrogen-bond donors (Lipinski definition) is 0. The van der Waals surface area contributed by atoms with E-state index >= 15 is 0 Å². The van der Waals surface area contributed by atoms with E-state index in [9.17, 15) is 4.79 Å². The molecule has 0 aromatic heterocycles. The molecule has 0 aromatic rings. The molecule has 1 fully saturated rings. The number of hydrogen-bond acceptors (Lipinski definition) is 6. The van der Waals surface area contributed by atoms with Gasteiger partial charge < -0.3 is 23.7 Å². The fourth-order valence-electron chi connectivity index (χ4n) is 1.95. The third kappa shape index (κ3) is 3.64. The van der Waals surface area contributed by atoms with E-state index in [4.69, 9.17) is 23.7 Å². The third-order valence-corrected chi connectivity index (χ3v) is 2.83. The Labute approximate surface area is 101 Å². The summed E-state index contributed by atoms with van der Waals surface area (Å²) in [5, 5.41) is 0. The molecule has 0 unspecified atom stereocenters. The van der Waals surface area contributed by atoms with Crippen molar-refractivity contribution in [1.82, 2.24) is 0 Å². The largest absolute Gasteiger partial charge is 0.463 e. The molecule has 100 valence electrons. The summed E-state index contributed by atoms with van der Waals surface area (Å²) < 4.78 is 26.5. The smallest absolute Gasteiger partial charge is 0.302 e. The molecule has 0 amide bonds. The van der Waals surface area contributed by atoms with E-state index in [1.807, 2.05) is 0 Å². The molecule has 0 saturated carbocycles. The Hall–Kier alpha value is -0.690. The van der Waals surface area contributed by atoms with Crippen molar-refractivity contribution in [2.24, 2.45) is 0 Å². The molecule has 0 spiro atoms. The second-order valence-electron chi connectivity index (χ2n) is 3.85. The number of methoxy groups -OCH3 is 3. The van der Waals surface area contributed by atoms with Crippen LogP contribution < -0.4 is 0 Å². The van der Waals surface area contributed by atoms with Crippen LogP contribution in [0.5, 0.6) is 0 Å². The molecule has 6 nitrogen and oxygen atoms in total. The van der Waals surface area contributed by atoms with E-state index in [-0.39, 0.29) is 37.0 Å². The molecule has 1 rings (SSSR count). The number of ether oxygens (including phenoxy) is 5. The summed E-state index contributed by atoms with van der Waals surface area (Å²) in [7, 11) is 4.76. The summed E-state index contributed by atoms with van der Waals surface area (Å²) in [6, 6.07) is 0. The first-order valence-electron chi connectivity index (χ1n) is 5.47. The van der Waals surface area contributed by atoms with Crippen molar-refractivity contribution in [2.75, 3.05) is 34.5 Å². The van der Waals surface area contributed by atoms with Gasteiger partial charge in [-0.25, -0.2) is 0 Å². The molecule has 6 heteroatoms. The van der Waals surface area contributed by atoms with Gasteiger partial charge in [0.2, 0.25) is 0 Å². The molecule has 0 bridgehead atoms. The van der Waals surface area contributed by atoms with Gasteiger partial charge in [-0.15, -0.1) is 0 Å². The summed E-state index contributed by atoms with van der Waals surface area (Å²) in [6.45, 7) is 1.90. The average molecular weight is 248 g/mol. The Morgan fingerprint density at radius 1 is 1.18 bits per heavy atom. The first-order valence-corrected chi connectivity index (χ1v) is 5.47. The average Bonchev–Trinajstić information content (AvgIpc) is 2.34. The van der Waals surface area contributed by atoms with Crippen molar-refractivity contribution in [2.45, 2.75) is 31.3 Å². The van der Waals surface area contributed by atoms with Crippen molar-refractivity contribution in [1.29, 1.82) is 0 Å². The predicted octanol–water partition coefficient (Wildman–Crippen LogP) is -0.00670.